The maximum Gasteiger partial charge on any atom is 0.133 e. The van der Waals surface area contributed by atoms with Crippen molar-refractivity contribution < 1.29 is 4.74 Å². The summed E-state index contributed by atoms with van der Waals surface area (Å²) in [6.07, 6.45) is 4.03. The van der Waals surface area contributed by atoms with Gasteiger partial charge in [-0.3, -0.25) is 4.90 Å². The lowest BCUT2D eigenvalue weighted by Gasteiger charge is -2.26. The van der Waals surface area contributed by atoms with Crippen LogP contribution in [-0.4, -0.2) is 31.1 Å². The molecule has 0 aliphatic carbocycles. The molecule has 1 aromatic carbocycles. The molecule has 1 aliphatic rings. The molecule has 1 aliphatic heterocycles. The van der Waals surface area contributed by atoms with Gasteiger partial charge < -0.3 is 10.5 Å². The van der Waals surface area contributed by atoms with Crippen LogP contribution in [0.1, 0.15) is 37.8 Å². The zero-order chi connectivity index (χ0) is 13.7. The molecule has 3 nitrogen and oxygen atoms in total. The van der Waals surface area contributed by atoms with Gasteiger partial charge in [-0.2, -0.15) is 0 Å². The Morgan fingerprint density at radius 3 is 2.68 bits per heavy atom. The van der Waals surface area contributed by atoms with Gasteiger partial charge in [0, 0.05) is 12.6 Å². The van der Waals surface area contributed by atoms with E-state index < -0.39 is 0 Å². The summed E-state index contributed by atoms with van der Waals surface area (Å²) in [6.45, 7) is 6.18. The molecule has 1 atom stereocenters. The van der Waals surface area contributed by atoms with E-state index in [1.165, 1.54) is 32.4 Å². The van der Waals surface area contributed by atoms with Crippen LogP contribution in [0.15, 0.2) is 22.7 Å². The van der Waals surface area contributed by atoms with Crippen LogP contribution in [0.4, 0.5) is 0 Å². The summed E-state index contributed by atoms with van der Waals surface area (Å²) in [5, 5.41) is 0. The molecule has 0 amide bonds. The van der Waals surface area contributed by atoms with Gasteiger partial charge in [-0.1, -0.05) is 12.5 Å². The van der Waals surface area contributed by atoms with Crippen molar-refractivity contribution in [3.8, 4) is 5.75 Å². The van der Waals surface area contributed by atoms with Gasteiger partial charge in [-0.15, -0.1) is 0 Å². The summed E-state index contributed by atoms with van der Waals surface area (Å²) in [4.78, 5) is 2.48. The van der Waals surface area contributed by atoms with Crippen molar-refractivity contribution in [2.45, 2.75) is 32.2 Å². The lowest BCUT2D eigenvalue weighted by Crippen LogP contribution is -2.33. The Labute approximate surface area is 124 Å². The second kappa shape index (κ2) is 7.27. The molecule has 0 radical (unpaired) electrons. The first-order chi connectivity index (χ1) is 9.16. The van der Waals surface area contributed by atoms with Crippen molar-refractivity contribution >= 4 is 15.9 Å². The van der Waals surface area contributed by atoms with Crippen molar-refractivity contribution in [2.75, 3.05) is 26.2 Å². The number of piperidine rings is 1. The second-order valence-corrected chi connectivity index (χ2v) is 6.08. The third-order valence-electron chi connectivity index (χ3n) is 3.60. The molecular weight excluding hydrogens is 304 g/mol. The predicted molar refractivity (Wildman–Crippen MR) is 82.5 cm³/mol. The Hall–Kier alpha value is -0.580. The van der Waals surface area contributed by atoms with Crippen LogP contribution in [0.2, 0.25) is 0 Å². The number of likely N-dealkylation sites (tertiary alicyclic amines) is 1. The highest BCUT2D eigenvalue weighted by atomic mass is 79.9. The first-order valence-corrected chi connectivity index (χ1v) is 7.86. The molecule has 0 spiro atoms. The van der Waals surface area contributed by atoms with E-state index in [0.717, 1.165) is 28.9 Å². The average molecular weight is 327 g/mol. The fourth-order valence-electron chi connectivity index (χ4n) is 2.39. The lowest BCUT2D eigenvalue weighted by atomic mass is 10.1. The Kier molecular flexibility index (Phi) is 5.67. The first-order valence-electron chi connectivity index (χ1n) is 7.07. The van der Waals surface area contributed by atoms with E-state index in [1.807, 2.05) is 25.1 Å². The highest BCUT2D eigenvalue weighted by Gasteiger charge is 2.10. The normalized spacial score (nSPS) is 18.3. The van der Waals surface area contributed by atoms with E-state index in [2.05, 4.69) is 20.8 Å². The maximum atomic E-state index is 5.86. The molecule has 0 aromatic heterocycles. The third kappa shape index (κ3) is 4.48. The molecule has 1 fully saturated rings. The van der Waals surface area contributed by atoms with Crippen molar-refractivity contribution in [2.24, 2.45) is 5.73 Å². The van der Waals surface area contributed by atoms with E-state index in [1.54, 1.807) is 0 Å². The largest absolute Gasteiger partial charge is 0.491 e. The van der Waals surface area contributed by atoms with E-state index in [-0.39, 0.29) is 6.04 Å². The molecule has 2 rings (SSSR count). The van der Waals surface area contributed by atoms with E-state index in [0.29, 0.717) is 0 Å². The Bertz CT molecular complexity index is 403. The molecule has 106 valence electrons. The van der Waals surface area contributed by atoms with Crippen molar-refractivity contribution in [1.82, 2.24) is 4.90 Å². The van der Waals surface area contributed by atoms with Crippen LogP contribution in [0.5, 0.6) is 5.75 Å². The number of rotatable bonds is 5. The van der Waals surface area contributed by atoms with Crippen LogP contribution in [0, 0.1) is 0 Å². The van der Waals surface area contributed by atoms with E-state index in [4.69, 9.17) is 10.5 Å². The quantitative estimate of drug-likeness (QED) is 0.901. The van der Waals surface area contributed by atoms with Crippen LogP contribution in [-0.2, 0) is 0 Å². The van der Waals surface area contributed by atoms with Gasteiger partial charge in [-0.25, -0.2) is 0 Å². The van der Waals surface area contributed by atoms with Gasteiger partial charge >= 0.3 is 0 Å². The van der Waals surface area contributed by atoms with Crippen molar-refractivity contribution in [3.63, 3.8) is 0 Å². The predicted octanol–water partition coefficient (Wildman–Crippen LogP) is 3.33. The monoisotopic (exact) mass is 326 g/mol. The number of halogens is 1. The van der Waals surface area contributed by atoms with E-state index in [9.17, 15) is 0 Å². The standard InChI is InChI=1S/C15H23BrN2O/c1-12(17)13-5-6-15(14(16)11-13)19-10-9-18-7-3-2-4-8-18/h5-6,11-12H,2-4,7-10,17H2,1H3/t12-/m0/s1. The minimum absolute atomic E-state index is 0.0544. The highest BCUT2D eigenvalue weighted by molar-refractivity contribution is 9.10. The zero-order valence-electron chi connectivity index (χ0n) is 11.6. The minimum Gasteiger partial charge on any atom is -0.491 e. The van der Waals surface area contributed by atoms with Crippen LogP contribution >= 0.6 is 15.9 Å². The Morgan fingerprint density at radius 1 is 1.32 bits per heavy atom. The summed E-state index contributed by atoms with van der Waals surface area (Å²) in [5.41, 5.74) is 6.98. The highest BCUT2D eigenvalue weighted by Crippen LogP contribution is 2.27. The van der Waals surface area contributed by atoms with Gasteiger partial charge in [-0.05, 0) is 66.5 Å². The first kappa shape index (κ1) is 14.8. The van der Waals surface area contributed by atoms with Crippen molar-refractivity contribution in [1.29, 1.82) is 0 Å². The minimum atomic E-state index is 0.0544. The SMILES string of the molecule is C[C@H](N)c1ccc(OCCN2CCCCC2)c(Br)c1. The molecule has 1 aromatic rings. The Balaban J connectivity index is 1.82. The molecule has 0 bridgehead atoms. The van der Waals surface area contributed by atoms with Crippen LogP contribution < -0.4 is 10.5 Å². The summed E-state index contributed by atoms with van der Waals surface area (Å²) in [5.74, 6) is 0.904. The third-order valence-corrected chi connectivity index (χ3v) is 4.22. The smallest absolute Gasteiger partial charge is 0.133 e. The van der Waals surface area contributed by atoms with Gasteiger partial charge in [0.1, 0.15) is 12.4 Å². The summed E-state index contributed by atoms with van der Waals surface area (Å²) >= 11 is 3.55. The molecule has 19 heavy (non-hydrogen) atoms. The van der Waals surface area contributed by atoms with Crippen molar-refractivity contribution in [3.05, 3.63) is 28.2 Å². The van der Waals surface area contributed by atoms with Gasteiger partial charge in [0.15, 0.2) is 0 Å². The fourth-order valence-corrected chi connectivity index (χ4v) is 2.90. The van der Waals surface area contributed by atoms with Gasteiger partial charge in [0.25, 0.3) is 0 Å². The maximum absolute atomic E-state index is 5.86. The number of hydrogen-bond donors (Lipinski definition) is 1. The molecule has 0 saturated carbocycles. The number of hydrogen-bond acceptors (Lipinski definition) is 3. The summed E-state index contributed by atoms with van der Waals surface area (Å²) < 4.78 is 6.83. The number of nitrogens with two attached hydrogens (primary N) is 1. The zero-order valence-corrected chi connectivity index (χ0v) is 13.2. The average Bonchev–Trinajstić information content (AvgIpc) is 2.41. The van der Waals surface area contributed by atoms with Gasteiger partial charge in [0.05, 0.1) is 4.47 Å². The molecule has 1 saturated heterocycles. The van der Waals surface area contributed by atoms with E-state index >= 15 is 0 Å². The summed E-state index contributed by atoms with van der Waals surface area (Å²) in [6, 6.07) is 6.13. The lowest BCUT2D eigenvalue weighted by molar-refractivity contribution is 0.183. The van der Waals surface area contributed by atoms with Gasteiger partial charge in [0.2, 0.25) is 0 Å². The molecule has 2 N–H and O–H groups in total. The number of benzene rings is 1. The molecule has 1 heterocycles. The van der Waals surface area contributed by atoms with Crippen LogP contribution in [0.3, 0.4) is 0 Å². The topological polar surface area (TPSA) is 38.5 Å². The number of nitrogens with zero attached hydrogens (tertiary/aromatic N) is 1. The van der Waals surface area contributed by atoms with Crippen LogP contribution in [0.25, 0.3) is 0 Å². The second-order valence-electron chi connectivity index (χ2n) is 5.23. The Morgan fingerprint density at radius 2 is 2.05 bits per heavy atom. The number of ether oxygens (including phenoxy) is 1. The molecular formula is C15H23BrN2O. The molecule has 0 unspecified atom stereocenters. The fraction of sp³-hybridized carbons (Fsp3) is 0.600. The summed E-state index contributed by atoms with van der Waals surface area (Å²) in [7, 11) is 0. The molecule has 4 heteroatoms.